The Bertz CT molecular complexity index is 1620. The van der Waals surface area contributed by atoms with Crippen molar-refractivity contribution in [1.29, 1.82) is 0 Å². The fraction of sp³-hybridized carbons (Fsp3) is 0.317. The molecule has 244 valence electrons. The van der Waals surface area contributed by atoms with E-state index in [0.717, 1.165) is 67.4 Å². The van der Waals surface area contributed by atoms with E-state index in [1.807, 2.05) is 4.68 Å². The van der Waals surface area contributed by atoms with Crippen LogP contribution in [-0.2, 0) is 6.54 Å². The summed E-state index contributed by atoms with van der Waals surface area (Å²) in [6.45, 7) is 2.41. The lowest BCUT2D eigenvalue weighted by Crippen LogP contribution is -2.19. The smallest absolute Gasteiger partial charge is 0.119 e. The van der Waals surface area contributed by atoms with Crippen molar-refractivity contribution in [2.75, 3.05) is 33.4 Å². The summed E-state index contributed by atoms with van der Waals surface area (Å²) >= 11 is 0. The van der Waals surface area contributed by atoms with Gasteiger partial charge in [0.2, 0.25) is 0 Å². The molecule has 0 bridgehead atoms. The van der Waals surface area contributed by atoms with Gasteiger partial charge < -0.3 is 9.64 Å². The zero-order valence-electron chi connectivity index (χ0n) is 28.0. The first kappa shape index (κ1) is 34.3. The van der Waals surface area contributed by atoms with E-state index in [9.17, 15) is 0 Å². The van der Waals surface area contributed by atoms with Gasteiger partial charge in [-0.3, -0.25) is 4.68 Å². The van der Waals surface area contributed by atoms with E-state index in [0.29, 0.717) is 6.61 Å². The van der Waals surface area contributed by atoms with Crippen LogP contribution in [-0.4, -0.2) is 53.3 Å². The predicted molar refractivity (Wildman–Crippen MR) is 200 cm³/mol. The molecule has 5 nitrogen and oxygen atoms in total. The molecule has 0 radical (unpaired) electrons. The second kappa shape index (κ2) is 18.9. The topological polar surface area (TPSA) is 43.2 Å². The second-order valence-corrected chi connectivity index (χ2v) is 13.7. The maximum absolute atomic E-state index is 6.01. The Kier molecular flexibility index (Phi) is 13.8. The van der Waals surface area contributed by atoms with Crippen LogP contribution in [0.4, 0.5) is 0 Å². The average Bonchev–Trinajstić information content (AvgIpc) is 3.58. The quantitative estimate of drug-likeness (QED) is 0.0512. The first-order valence-corrected chi connectivity index (χ1v) is 18.3. The zero-order valence-corrected chi connectivity index (χ0v) is 29.0. The van der Waals surface area contributed by atoms with Crippen molar-refractivity contribution in [3.63, 3.8) is 0 Å². The Balaban J connectivity index is 1.23. The number of nitrogens with zero attached hydrogens (tertiary/aromatic N) is 4. The average molecular weight is 645 g/mol. The van der Waals surface area contributed by atoms with Crippen LogP contribution in [0.1, 0.15) is 67.3 Å². The normalized spacial score (nSPS) is 12.1. The largest absolute Gasteiger partial charge is 0.492 e. The van der Waals surface area contributed by atoms with Gasteiger partial charge in [0.15, 0.2) is 0 Å². The SMILES string of the molecule is CN(C)CCOc1ccc(/C(=C(\c2ccccc2)c2cn(CCCCCCCCCPc3ccccc3)nn2)c2ccccc2)cc1. The van der Waals surface area contributed by atoms with Crippen LogP contribution in [0.5, 0.6) is 5.75 Å². The van der Waals surface area contributed by atoms with Gasteiger partial charge in [-0.25, -0.2) is 0 Å². The summed E-state index contributed by atoms with van der Waals surface area (Å²) in [5.74, 6) is 0.874. The molecule has 0 amide bonds. The number of hydrogen-bond acceptors (Lipinski definition) is 4. The predicted octanol–water partition coefficient (Wildman–Crippen LogP) is 8.96. The third-order valence-electron chi connectivity index (χ3n) is 8.29. The Labute approximate surface area is 283 Å². The van der Waals surface area contributed by atoms with E-state index in [-0.39, 0.29) is 0 Å². The molecule has 1 aromatic heterocycles. The van der Waals surface area contributed by atoms with Gasteiger partial charge in [0, 0.05) is 18.7 Å². The van der Waals surface area contributed by atoms with Crippen molar-refractivity contribution in [3.8, 4) is 5.75 Å². The molecule has 1 heterocycles. The Morgan fingerprint density at radius 3 is 1.83 bits per heavy atom. The molecule has 0 saturated carbocycles. The number of unbranched alkanes of at least 4 members (excludes halogenated alkanes) is 6. The van der Waals surface area contributed by atoms with Gasteiger partial charge in [-0.15, -0.1) is 5.10 Å². The number of aromatic nitrogens is 3. The van der Waals surface area contributed by atoms with Gasteiger partial charge in [-0.2, -0.15) is 0 Å². The number of likely N-dealkylation sites (N-methyl/N-ethyl adjacent to an activating group) is 1. The number of benzene rings is 4. The molecule has 47 heavy (non-hydrogen) atoms. The van der Waals surface area contributed by atoms with Gasteiger partial charge >= 0.3 is 0 Å². The van der Waals surface area contributed by atoms with Crippen LogP contribution in [0.3, 0.4) is 0 Å². The van der Waals surface area contributed by atoms with E-state index in [1.54, 1.807) is 0 Å². The minimum Gasteiger partial charge on any atom is -0.492 e. The number of hydrogen-bond donors (Lipinski definition) is 0. The van der Waals surface area contributed by atoms with Crippen LogP contribution in [0.2, 0.25) is 0 Å². The van der Waals surface area contributed by atoms with E-state index in [2.05, 4.69) is 146 Å². The molecule has 0 N–H and O–H groups in total. The minimum absolute atomic E-state index is 0.654. The molecule has 4 aromatic carbocycles. The number of rotatable bonds is 19. The lowest BCUT2D eigenvalue weighted by molar-refractivity contribution is 0.261. The molecular formula is C41H49N4OP. The van der Waals surface area contributed by atoms with Gasteiger partial charge in [-0.1, -0.05) is 149 Å². The maximum Gasteiger partial charge on any atom is 0.119 e. The highest BCUT2D eigenvalue weighted by molar-refractivity contribution is 7.47. The van der Waals surface area contributed by atoms with Crippen LogP contribution >= 0.6 is 8.58 Å². The molecule has 0 aliphatic rings. The Morgan fingerprint density at radius 2 is 1.19 bits per heavy atom. The fourth-order valence-corrected chi connectivity index (χ4v) is 6.89. The Hall–Kier alpha value is -4.05. The van der Waals surface area contributed by atoms with E-state index in [1.165, 1.54) is 50.0 Å². The van der Waals surface area contributed by atoms with Gasteiger partial charge in [0.25, 0.3) is 0 Å². The summed E-state index contributed by atoms with van der Waals surface area (Å²) < 4.78 is 8.03. The standard InChI is InChI=1S/C41H49N4OP/c1-44(2)30-31-46-37-27-25-36(26-28-37)40(34-19-11-8-12-20-34)41(35-21-13-9-14-22-35)39-33-45(43-42-39)29-17-6-4-3-5-7-18-32-47-38-23-15-10-16-24-38/h8-16,19-28,33,47H,3-7,17-18,29-32H2,1-2H3/b41-40+. The van der Waals surface area contributed by atoms with Crippen molar-refractivity contribution in [2.24, 2.45) is 0 Å². The lowest BCUT2D eigenvalue weighted by atomic mass is 9.88. The first-order valence-electron chi connectivity index (χ1n) is 17.1. The molecule has 0 fully saturated rings. The number of aryl methyl sites for hydroxylation is 1. The van der Waals surface area contributed by atoms with Crippen molar-refractivity contribution < 1.29 is 4.74 Å². The summed E-state index contributed by atoms with van der Waals surface area (Å²) in [5.41, 5.74) is 6.48. The first-order chi connectivity index (χ1) is 23.2. The summed E-state index contributed by atoms with van der Waals surface area (Å²) in [6.07, 6.45) is 12.4. The monoisotopic (exact) mass is 644 g/mol. The summed E-state index contributed by atoms with van der Waals surface area (Å²) in [7, 11) is 5.06. The van der Waals surface area contributed by atoms with Crippen molar-refractivity contribution >= 4 is 25.0 Å². The molecule has 5 rings (SSSR count). The highest BCUT2D eigenvalue weighted by Gasteiger charge is 2.19. The van der Waals surface area contributed by atoms with Gasteiger partial charge in [0.1, 0.15) is 18.1 Å². The van der Waals surface area contributed by atoms with E-state index in [4.69, 9.17) is 9.84 Å². The van der Waals surface area contributed by atoms with Gasteiger partial charge in [-0.05, 0) is 72.8 Å². The van der Waals surface area contributed by atoms with Crippen LogP contribution in [0, 0.1) is 0 Å². The lowest BCUT2D eigenvalue weighted by Gasteiger charge is -2.17. The minimum atomic E-state index is 0.654. The fourth-order valence-electron chi connectivity index (χ4n) is 5.74. The molecule has 0 spiro atoms. The highest BCUT2D eigenvalue weighted by atomic mass is 31.1. The van der Waals surface area contributed by atoms with Gasteiger partial charge in [0.05, 0.1) is 6.20 Å². The third-order valence-corrected chi connectivity index (χ3v) is 9.63. The molecule has 0 aliphatic carbocycles. The molecule has 5 aromatic rings. The molecular weight excluding hydrogens is 595 g/mol. The van der Waals surface area contributed by atoms with E-state index >= 15 is 0 Å². The summed E-state index contributed by atoms with van der Waals surface area (Å²) in [5, 5.41) is 10.8. The van der Waals surface area contributed by atoms with Crippen LogP contribution < -0.4 is 10.0 Å². The third kappa shape index (κ3) is 11.0. The summed E-state index contributed by atoms with van der Waals surface area (Å²) in [4.78, 5) is 2.13. The molecule has 1 unspecified atom stereocenters. The zero-order chi connectivity index (χ0) is 32.5. The van der Waals surface area contributed by atoms with Crippen LogP contribution in [0.15, 0.2) is 121 Å². The highest BCUT2D eigenvalue weighted by Crippen LogP contribution is 2.36. The number of ether oxygens (including phenoxy) is 1. The molecule has 0 aliphatic heterocycles. The van der Waals surface area contributed by atoms with Crippen molar-refractivity contribution in [2.45, 2.75) is 51.5 Å². The van der Waals surface area contributed by atoms with Crippen molar-refractivity contribution in [3.05, 3.63) is 144 Å². The maximum atomic E-state index is 6.01. The van der Waals surface area contributed by atoms with Crippen molar-refractivity contribution in [1.82, 2.24) is 19.9 Å². The molecule has 0 saturated heterocycles. The molecule has 1 atom stereocenters. The Morgan fingerprint density at radius 1 is 0.638 bits per heavy atom. The second-order valence-electron chi connectivity index (χ2n) is 12.3. The van der Waals surface area contributed by atoms with E-state index < -0.39 is 0 Å². The van der Waals surface area contributed by atoms with Crippen LogP contribution in [0.25, 0.3) is 11.1 Å². The molecule has 6 heteroatoms. The summed E-state index contributed by atoms with van der Waals surface area (Å²) in [6, 6.07) is 40.5.